The van der Waals surface area contributed by atoms with Gasteiger partial charge in [-0.15, -0.1) is 0 Å². The highest BCUT2D eigenvalue weighted by atomic mass is 16.2. The van der Waals surface area contributed by atoms with E-state index in [4.69, 9.17) is 0 Å². The number of nitrogens with one attached hydrogen (secondary N) is 2. The van der Waals surface area contributed by atoms with Crippen molar-refractivity contribution in [2.75, 3.05) is 11.4 Å². The Bertz CT molecular complexity index is 1090. The van der Waals surface area contributed by atoms with Crippen molar-refractivity contribution in [3.63, 3.8) is 0 Å². The van der Waals surface area contributed by atoms with Crippen LogP contribution in [0.3, 0.4) is 0 Å². The molecule has 34 heavy (non-hydrogen) atoms. The molecule has 0 radical (unpaired) electrons. The van der Waals surface area contributed by atoms with Gasteiger partial charge >= 0.3 is 6.03 Å². The summed E-state index contributed by atoms with van der Waals surface area (Å²) in [6.07, 6.45) is 3.42. The summed E-state index contributed by atoms with van der Waals surface area (Å²) in [6, 6.07) is 6.34. The standard InChI is InChI=1S/C24H29N5O5/c1-15-7-12-24(13-8-15)21(33)29(22(34)25-24)26-18(30)10-14-27-20(32)16-5-3-4-6-17(16)28-19(31)9-11-23(27,28)2/h3-6,15H,7-14H2,1-2H3,(H,25,34)(H,26,30). The number of benzene rings is 1. The van der Waals surface area contributed by atoms with Crippen molar-refractivity contribution in [2.45, 2.75) is 70.0 Å². The number of fused-ring (bicyclic) bond motifs is 3. The molecule has 0 aromatic heterocycles. The number of anilines is 1. The van der Waals surface area contributed by atoms with E-state index in [-0.39, 0.29) is 24.8 Å². The second kappa shape index (κ2) is 7.82. The van der Waals surface area contributed by atoms with Crippen LogP contribution in [0, 0.1) is 5.92 Å². The van der Waals surface area contributed by atoms with Crippen molar-refractivity contribution in [1.82, 2.24) is 20.7 Å². The number of nitrogens with zero attached hydrogens (tertiary/aromatic N) is 3. The highest BCUT2D eigenvalue weighted by Crippen LogP contribution is 2.44. The molecule has 1 atom stereocenters. The molecule has 1 aliphatic carbocycles. The minimum Gasteiger partial charge on any atom is -0.322 e. The largest absolute Gasteiger partial charge is 0.344 e. The number of hydrogen-bond acceptors (Lipinski definition) is 5. The van der Waals surface area contributed by atoms with Gasteiger partial charge in [0.05, 0.1) is 11.3 Å². The zero-order valence-corrected chi connectivity index (χ0v) is 19.4. The van der Waals surface area contributed by atoms with E-state index in [0.29, 0.717) is 42.9 Å². The molecule has 3 aliphatic heterocycles. The first-order chi connectivity index (χ1) is 16.2. The number of hydrazine groups is 1. The number of carbonyl (C=O) groups is 5. The van der Waals surface area contributed by atoms with Crippen LogP contribution >= 0.6 is 0 Å². The SMILES string of the molecule is CC1CCC2(CC1)NC(=O)N(NC(=O)CCN1C(=O)c3ccccc3N3C(=O)CCC13C)C2=O. The third-order valence-electron chi connectivity index (χ3n) is 7.83. The average molecular weight is 468 g/mol. The van der Waals surface area contributed by atoms with Gasteiger partial charge in [-0.3, -0.25) is 29.5 Å². The van der Waals surface area contributed by atoms with Crippen molar-refractivity contribution in [2.24, 2.45) is 5.92 Å². The lowest BCUT2D eigenvalue weighted by molar-refractivity contribution is -0.140. The second-order valence-electron chi connectivity index (χ2n) is 10.0. The van der Waals surface area contributed by atoms with Crippen LogP contribution < -0.4 is 15.6 Å². The number of imide groups is 1. The molecule has 1 aromatic rings. The molecule has 6 amide bonds. The first-order valence-corrected chi connectivity index (χ1v) is 11.9. The van der Waals surface area contributed by atoms with Gasteiger partial charge in [0.1, 0.15) is 11.2 Å². The average Bonchev–Trinajstić information content (AvgIpc) is 3.24. The molecule has 180 valence electrons. The van der Waals surface area contributed by atoms with Crippen molar-refractivity contribution in [3.8, 4) is 0 Å². The number of para-hydroxylation sites is 1. The van der Waals surface area contributed by atoms with Gasteiger partial charge in [-0.25, -0.2) is 4.79 Å². The van der Waals surface area contributed by atoms with E-state index in [1.165, 1.54) is 0 Å². The number of carbonyl (C=O) groups excluding carboxylic acids is 5. The minimum atomic E-state index is -0.943. The lowest BCUT2D eigenvalue weighted by atomic mass is 9.77. The summed E-state index contributed by atoms with van der Waals surface area (Å²) in [5.41, 5.74) is 1.62. The van der Waals surface area contributed by atoms with Crippen LogP contribution in [0.5, 0.6) is 0 Å². The Balaban J connectivity index is 1.28. The Morgan fingerprint density at radius 2 is 1.82 bits per heavy atom. The molecule has 3 fully saturated rings. The van der Waals surface area contributed by atoms with E-state index in [9.17, 15) is 24.0 Å². The first-order valence-electron chi connectivity index (χ1n) is 11.9. The van der Waals surface area contributed by atoms with Gasteiger partial charge in [0.15, 0.2) is 0 Å². The smallest absolute Gasteiger partial charge is 0.322 e. The Hall–Kier alpha value is -3.43. The number of rotatable bonds is 4. The van der Waals surface area contributed by atoms with Gasteiger partial charge in [-0.2, -0.15) is 5.01 Å². The fourth-order valence-electron chi connectivity index (χ4n) is 5.75. The predicted octanol–water partition coefficient (Wildman–Crippen LogP) is 1.91. The maximum atomic E-state index is 13.3. The molecule has 10 heteroatoms. The first kappa shape index (κ1) is 22.4. The third kappa shape index (κ3) is 3.26. The van der Waals surface area contributed by atoms with Crippen molar-refractivity contribution >= 4 is 35.3 Å². The summed E-state index contributed by atoms with van der Waals surface area (Å²) in [7, 11) is 0. The van der Waals surface area contributed by atoms with Crippen LogP contribution in [-0.4, -0.2) is 57.3 Å². The van der Waals surface area contributed by atoms with E-state index in [1.807, 2.05) is 6.92 Å². The zero-order valence-electron chi connectivity index (χ0n) is 19.4. The summed E-state index contributed by atoms with van der Waals surface area (Å²) >= 11 is 0. The van der Waals surface area contributed by atoms with Gasteiger partial charge < -0.3 is 10.2 Å². The Labute approximate surface area is 197 Å². The molecule has 10 nitrogen and oxygen atoms in total. The fraction of sp³-hybridized carbons (Fsp3) is 0.542. The van der Waals surface area contributed by atoms with Gasteiger partial charge in [0.2, 0.25) is 11.8 Å². The fourth-order valence-corrected chi connectivity index (χ4v) is 5.75. The molecule has 1 aromatic carbocycles. The molecule has 3 heterocycles. The lowest BCUT2D eigenvalue weighted by Crippen LogP contribution is -2.62. The molecule has 1 spiro atoms. The van der Waals surface area contributed by atoms with Crippen molar-refractivity contribution in [1.29, 1.82) is 0 Å². The van der Waals surface area contributed by atoms with Crippen molar-refractivity contribution < 1.29 is 24.0 Å². The number of urea groups is 1. The van der Waals surface area contributed by atoms with Gasteiger partial charge in [0.25, 0.3) is 11.8 Å². The second-order valence-corrected chi connectivity index (χ2v) is 10.0. The van der Waals surface area contributed by atoms with Crippen LogP contribution in [0.4, 0.5) is 10.5 Å². The quantitative estimate of drug-likeness (QED) is 0.656. The minimum absolute atomic E-state index is 0.0472. The maximum absolute atomic E-state index is 13.3. The van der Waals surface area contributed by atoms with Crippen LogP contribution in [0.1, 0.15) is 69.2 Å². The summed E-state index contributed by atoms with van der Waals surface area (Å²) in [5, 5.41) is 3.55. The lowest BCUT2D eigenvalue weighted by Gasteiger charge is -2.48. The van der Waals surface area contributed by atoms with Crippen LogP contribution in [0.15, 0.2) is 24.3 Å². The Morgan fingerprint density at radius 3 is 2.56 bits per heavy atom. The molecule has 1 unspecified atom stereocenters. The highest BCUT2D eigenvalue weighted by molar-refractivity contribution is 6.10. The highest BCUT2D eigenvalue weighted by Gasteiger charge is 2.54. The molecule has 2 N–H and O–H groups in total. The Morgan fingerprint density at radius 1 is 1.12 bits per heavy atom. The predicted molar refractivity (Wildman–Crippen MR) is 121 cm³/mol. The molecular weight excluding hydrogens is 438 g/mol. The third-order valence-corrected chi connectivity index (χ3v) is 7.83. The van der Waals surface area contributed by atoms with E-state index in [0.717, 1.165) is 17.9 Å². The Kier molecular flexibility index (Phi) is 5.14. The van der Waals surface area contributed by atoms with Gasteiger partial charge in [-0.05, 0) is 57.1 Å². The normalized spacial score (nSPS) is 30.5. The summed E-state index contributed by atoms with van der Waals surface area (Å²) in [4.78, 5) is 67.4. The van der Waals surface area contributed by atoms with Gasteiger partial charge in [0, 0.05) is 19.4 Å². The van der Waals surface area contributed by atoms with Gasteiger partial charge in [-0.1, -0.05) is 19.1 Å². The molecular formula is C24H29N5O5. The molecule has 4 aliphatic rings. The van der Waals surface area contributed by atoms with E-state index in [1.54, 1.807) is 34.1 Å². The van der Waals surface area contributed by atoms with Crippen LogP contribution in [0.2, 0.25) is 0 Å². The van der Waals surface area contributed by atoms with E-state index in [2.05, 4.69) is 17.7 Å². The van der Waals surface area contributed by atoms with Crippen molar-refractivity contribution in [3.05, 3.63) is 29.8 Å². The molecule has 1 saturated carbocycles. The topological polar surface area (TPSA) is 119 Å². The summed E-state index contributed by atoms with van der Waals surface area (Å²) < 4.78 is 0. The molecule has 0 bridgehead atoms. The summed E-state index contributed by atoms with van der Waals surface area (Å²) in [6.45, 7) is 3.99. The molecule has 2 saturated heterocycles. The molecule has 5 rings (SSSR count). The zero-order chi connectivity index (χ0) is 24.3. The van der Waals surface area contributed by atoms with E-state index < -0.39 is 29.0 Å². The van der Waals surface area contributed by atoms with E-state index >= 15 is 0 Å². The van der Waals surface area contributed by atoms with Crippen LogP contribution in [0.25, 0.3) is 0 Å². The number of hydrogen-bond donors (Lipinski definition) is 2. The maximum Gasteiger partial charge on any atom is 0.344 e. The number of amides is 6. The summed E-state index contributed by atoms with van der Waals surface area (Å²) in [5.74, 6) is -0.795. The monoisotopic (exact) mass is 467 g/mol. The van der Waals surface area contributed by atoms with Crippen LogP contribution in [-0.2, 0) is 14.4 Å².